The molecule has 3 nitrogen and oxygen atoms in total. The van der Waals surface area contributed by atoms with Crippen molar-refractivity contribution in [2.24, 2.45) is 0 Å². The molecule has 0 aromatic heterocycles. The first-order chi connectivity index (χ1) is 9.66. The van der Waals surface area contributed by atoms with E-state index in [1.54, 1.807) is 5.98 Å². The molecular formula is C15H17BF2O3. The monoisotopic (exact) mass is 294 g/mol. The molecule has 0 spiro atoms. The highest BCUT2D eigenvalue weighted by Gasteiger charge is 2.49. The maximum atomic E-state index is 13.5. The Labute approximate surface area is 123 Å². The number of halogens is 2. The van der Waals surface area contributed by atoms with Gasteiger partial charge in [-0.25, -0.2) is 8.78 Å². The SMILES string of the molecule is CC1(C)OB(C=Cc2cc(F)c(C=O)c(F)c2)OC1(C)C. The van der Waals surface area contributed by atoms with Gasteiger partial charge in [-0.1, -0.05) is 12.1 Å². The van der Waals surface area contributed by atoms with Crippen LogP contribution < -0.4 is 0 Å². The minimum Gasteiger partial charge on any atom is -0.400 e. The van der Waals surface area contributed by atoms with Crippen LogP contribution in [0.25, 0.3) is 6.08 Å². The molecule has 0 saturated carbocycles. The summed E-state index contributed by atoms with van der Waals surface area (Å²) in [6.07, 6.45) is 1.66. The number of carbonyl (C=O) groups is 1. The Morgan fingerprint density at radius 2 is 1.52 bits per heavy atom. The molecule has 1 aromatic carbocycles. The average Bonchev–Trinajstić information content (AvgIpc) is 2.55. The molecule has 0 amide bonds. The molecular weight excluding hydrogens is 277 g/mol. The molecule has 2 rings (SSSR count). The van der Waals surface area contributed by atoms with Crippen molar-refractivity contribution < 1.29 is 22.9 Å². The van der Waals surface area contributed by atoms with E-state index in [0.29, 0.717) is 5.56 Å². The topological polar surface area (TPSA) is 35.5 Å². The number of aldehydes is 1. The Balaban J connectivity index is 2.18. The van der Waals surface area contributed by atoms with Crippen LogP contribution >= 0.6 is 0 Å². The third-order valence-corrected chi connectivity index (χ3v) is 3.94. The van der Waals surface area contributed by atoms with Crippen molar-refractivity contribution in [2.75, 3.05) is 0 Å². The highest BCUT2D eigenvalue weighted by Crippen LogP contribution is 2.37. The van der Waals surface area contributed by atoms with Crippen molar-refractivity contribution in [2.45, 2.75) is 38.9 Å². The van der Waals surface area contributed by atoms with Gasteiger partial charge in [0.1, 0.15) is 11.6 Å². The van der Waals surface area contributed by atoms with E-state index in [1.165, 1.54) is 6.08 Å². The van der Waals surface area contributed by atoms with Crippen LogP contribution in [0.1, 0.15) is 43.6 Å². The first-order valence-corrected chi connectivity index (χ1v) is 6.64. The van der Waals surface area contributed by atoms with Gasteiger partial charge in [0.05, 0.1) is 16.8 Å². The molecule has 0 atom stereocenters. The van der Waals surface area contributed by atoms with Crippen LogP contribution in [0.4, 0.5) is 8.78 Å². The van der Waals surface area contributed by atoms with Gasteiger partial charge >= 0.3 is 7.12 Å². The zero-order valence-corrected chi connectivity index (χ0v) is 12.4. The average molecular weight is 294 g/mol. The zero-order valence-electron chi connectivity index (χ0n) is 12.4. The Kier molecular flexibility index (Phi) is 4.04. The van der Waals surface area contributed by atoms with E-state index in [2.05, 4.69) is 0 Å². The summed E-state index contributed by atoms with van der Waals surface area (Å²) in [5, 5.41) is 0. The molecule has 6 heteroatoms. The number of hydrogen-bond donors (Lipinski definition) is 0. The minimum atomic E-state index is -0.890. The van der Waals surface area contributed by atoms with Gasteiger partial charge < -0.3 is 9.31 Å². The number of hydrogen-bond acceptors (Lipinski definition) is 3. The molecule has 21 heavy (non-hydrogen) atoms. The summed E-state index contributed by atoms with van der Waals surface area (Å²) in [4.78, 5) is 10.5. The van der Waals surface area contributed by atoms with E-state index in [1.807, 2.05) is 27.7 Å². The van der Waals surface area contributed by atoms with Gasteiger partial charge in [-0.2, -0.15) is 0 Å². The van der Waals surface area contributed by atoms with Gasteiger partial charge in [-0.15, -0.1) is 0 Å². The normalized spacial score (nSPS) is 20.2. The number of carbonyl (C=O) groups excluding carboxylic acids is 1. The van der Waals surface area contributed by atoms with E-state index < -0.39 is 35.5 Å². The molecule has 0 bridgehead atoms. The Hall–Kier alpha value is -1.53. The Morgan fingerprint density at radius 3 is 1.95 bits per heavy atom. The third kappa shape index (κ3) is 3.06. The van der Waals surface area contributed by atoms with Crippen LogP contribution in [0, 0.1) is 11.6 Å². The molecule has 0 radical (unpaired) electrons. The van der Waals surface area contributed by atoms with Crippen molar-refractivity contribution >= 4 is 19.5 Å². The lowest BCUT2D eigenvalue weighted by Gasteiger charge is -2.32. The number of rotatable bonds is 3. The van der Waals surface area contributed by atoms with Gasteiger partial charge in [-0.3, -0.25) is 4.79 Å². The van der Waals surface area contributed by atoms with E-state index in [-0.39, 0.29) is 6.29 Å². The lowest BCUT2D eigenvalue weighted by molar-refractivity contribution is 0.00578. The lowest BCUT2D eigenvalue weighted by Crippen LogP contribution is -2.41. The summed E-state index contributed by atoms with van der Waals surface area (Å²) in [5.74, 6) is -0.192. The van der Waals surface area contributed by atoms with Gasteiger partial charge in [0.25, 0.3) is 0 Å². The molecule has 1 aliphatic heterocycles. The fourth-order valence-corrected chi connectivity index (χ4v) is 1.97. The summed E-state index contributed by atoms with van der Waals surface area (Å²) in [5.41, 5.74) is -1.21. The first-order valence-electron chi connectivity index (χ1n) is 6.64. The predicted molar refractivity (Wildman–Crippen MR) is 76.9 cm³/mol. The van der Waals surface area contributed by atoms with Gasteiger partial charge in [0, 0.05) is 0 Å². The van der Waals surface area contributed by atoms with E-state index >= 15 is 0 Å². The van der Waals surface area contributed by atoms with Crippen LogP contribution in [-0.4, -0.2) is 24.6 Å². The molecule has 112 valence electrons. The quantitative estimate of drug-likeness (QED) is 0.633. The van der Waals surface area contributed by atoms with Crippen LogP contribution in [-0.2, 0) is 9.31 Å². The highest BCUT2D eigenvalue weighted by atomic mass is 19.1. The Bertz CT molecular complexity index is 558. The van der Waals surface area contributed by atoms with Crippen LogP contribution in [0.3, 0.4) is 0 Å². The summed E-state index contributed by atoms with van der Waals surface area (Å²) in [7, 11) is -0.591. The summed E-state index contributed by atoms with van der Waals surface area (Å²) in [6, 6.07) is 2.18. The molecule has 0 unspecified atom stereocenters. The summed E-state index contributed by atoms with van der Waals surface area (Å²) >= 11 is 0. The maximum absolute atomic E-state index is 13.5. The van der Waals surface area contributed by atoms with Crippen molar-refractivity contribution in [1.82, 2.24) is 0 Å². The van der Waals surface area contributed by atoms with Crippen molar-refractivity contribution in [3.05, 3.63) is 40.9 Å². The van der Waals surface area contributed by atoms with E-state index in [9.17, 15) is 13.6 Å². The van der Waals surface area contributed by atoms with Crippen LogP contribution in [0.5, 0.6) is 0 Å². The maximum Gasteiger partial charge on any atom is 0.487 e. The van der Waals surface area contributed by atoms with Crippen molar-refractivity contribution in [3.63, 3.8) is 0 Å². The summed E-state index contributed by atoms with van der Waals surface area (Å²) < 4.78 is 38.5. The van der Waals surface area contributed by atoms with Crippen LogP contribution in [0.2, 0.25) is 0 Å². The minimum absolute atomic E-state index is 0.159. The first kappa shape index (κ1) is 15.9. The predicted octanol–water partition coefficient (Wildman–Crippen LogP) is 3.42. The van der Waals surface area contributed by atoms with E-state index in [0.717, 1.165) is 12.1 Å². The molecule has 1 aromatic rings. The van der Waals surface area contributed by atoms with Crippen molar-refractivity contribution in [3.8, 4) is 0 Å². The molecule has 1 heterocycles. The highest BCUT2D eigenvalue weighted by molar-refractivity contribution is 6.52. The van der Waals surface area contributed by atoms with Crippen molar-refractivity contribution in [1.29, 1.82) is 0 Å². The molecule has 1 fully saturated rings. The lowest BCUT2D eigenvalue weighted by atomic mass is 9.89. The fourth-order valence-electron chi connectivity index (χ4n) is 1.97. The molecule has 1 saturated heterocycles. The molecule has 1 aliphatic rings. The standard InChI is InChI=1S/C15H17BF2O3/c1-14(2)15(3,4)21-16(20-14)6-5-10-7-12(17)11(9-19)13(18)8-10/h5-9H,1-4H3. The Morgan fingerprint density at radius 1 is 1.05 bits per heavy atom. The summed E-state index contributed by atoms with van der Waals surface area (Å²) in [6.45, 7) is 7.66. The van der Waals surface area contributed by atoms with Gasteiger partial charge in [0.2, 0.25) is 0 Å². The third-order valence-electron chi connectivity index (χ3n) is 3.94. The second-order valence-corrected chi connectivity index (χ2v) is 6.00. The zero-order chi connectivity index (χ0) is 15.8. The largest absolute Gasteiger partial charge is 0.487 e. The fraction of sp³-hybridized carbons (Fsp3) is 0.400. The van der Waals surface area contributed by atoms with Crippen LogP contribution in [0.15, 0.2) is 18.1 Å². The smallest absolute Gasteiger partial charge is 0.400 e. The number of benzene rings is 1. The second-order valence-electron chi connectivity index (χ2n) is 6.00. The van der Waals surface area contributed by atoms with E-state index in [4.69, 9.17) is 9.31 Å². The second kappa shape index (κ2) is 5.35. The van der Waals surface area contributed by atoms with Gasteiger partial charge in [-0.05, 0) is 45.4 Å². The van der Waals surface area contributed by atoms with Gasteiger partial charge in [0.15, 0.2) is 6.29 Å². The molecule has 0 N–H and O–H groups in total. The molecule has 0 aliphatic carbocycles.